The molecule has 3 aromatic rings. The number of nitrogens with one attached hydrogen (secondary N) is 1. The van der Waals surface area contributed by atoms with Crippen LogP contribution in [0.1, 0.15) is 30.9 Å². The van der Waals surface area contributed by atoms with Gasteiger partial charge in [-0.25, -0.2) is 4.39 Å². The molecule has 1 heterocycles. The van der Waals surface area contributed by atoms with Gasteiger partial charge in [0, 0.05) is 23.7 Å². The number of alkyl halides is 1. The second-order valence-corrected chi connectivity index (χ2v) is 8.92. The Bertz CT molecular complexity index is 1190. The van der Waals surface area contributed by atoms with E-state index in [1.54, 1.807) is 12.1 Å². The van der Waals surface area contributed by atoms with Crippen LogP contribution in [-0.2, 0) is 17.0 Å². The predicted molar refractivity (Wildman–Crippen MR) is 133 cm³/mol. The van der Waals surface area contributed by atoms with E-state index in [0.29, 0.717) is 37.1 Å². The largest absolute Gasteiger partial charge is 0.493 e. The van der Waals surface area contributed by atoms with Crippen molar-refractivity contribution in [3.05, 3.63) is 83.9 Å². The van der Waals surface area contributed by atoms with E-state index in [2.05, 4.69) is 12.2 Å². The summed E-state index contributed by atoms with van der Waals surface area (Å²) in [5, 5.41) is 0.490. The highest BCUT2D eigenvalue weighted by molar-refractivity contribution is 8.26. The molecule has 6 nitrogen and oxygen atoms in total. The molecule has 1 N–H and O–H groups in total. The lowest BCUT2D eigenvalue weighted by atomic mass is 10.1. The molecule has 0 bridgehead atoms. The van der Waals surface area contributed by atoms with Crippen molar-refractivity contribution in [2.45, 2.75) is 32.0 Å². The Kier molecular flexibility index (Phi) is 7.92. The van der Waals surface area contributed by atoms with Crippen LogP contribution in [-0.4, -0.2) is 23.6 Å². The van der Waals surface area contributed by atoms with Crippen molar-refractivity contribution >= 4 is 22.1 Å². The molecular formula is C27H26FNO5S. The van der Waals surface area contributed by atoms with Crippen molar-refractivity contribution in [2.75, 3.05) is 13.2 Å². The molecule has 3 aromatic carbocycles. The lowest BCUT2D eigenvalue weighted by molar-refractivity contribution is -0.122. The number of aryl methyl sites for hydroxylation is 1. The molecule has 1 saturated heterocycles. The van der Waals surface area contributed by atoms with E-state index in [4.69, 9.17) is 14.2 Å². The van der Waals surface area contributed by atoms with E-state index >= 15 is 0 Å². The maximum Gasteiger partial charge on any atom is 0.289 e. The molecule has 1 amide bonds. The number of rotatable bonds is 11. The van der Waals surface area contributed by atoms with Crippen molar-refractivity contribution in [2.24, 2.45) is 0 Å². The number of carbonyl (C=O) groups is 2. The van der Waals surface area contributed by atoms with Crippen molar-refractivity contribution in [1.82, 2.24) is 5.32 Å². The first kappa shape index (κ1) is 24.6. The zero-order valence-electron chi connectivity index (χ0n) is 19.3. The first-order chi connectivity index (χ1) is 17.0. The summed E-state index contributed by atoms with van der Waals surface area (Å²) in [6, 6.07) is 21.6. The number of benzene rings is 3. The lowest BCUT2D eigenvalue weighted by Gasteiger charge is -2.18. The van der Waals surface area contributed by atoms with Gasteiger partial charge in [-0.1, -0.05) is 43.7 Å². The predicted octanol–water partition coefficient (Wildman–Crippen LogP) is 6.38. The van der Waals surface area contributed by atoms with Crippen LogP contribution in [0.4, 0.5) is 9.18 Å². The smallest absolute Gasteiger partial charge is 0.289 e. The van der Waals surface area contributed by atoms with Gasteiger partial charge >= 0.3 is 0 Å². The third-order valence-corrected chi connectivity index (χ3v) is 6.07. The summed E-state index contributed by atoms with van der Waals surface area (Å²) >= 11 is 0.327. The van der Waals surface area contributed by atoms with Gasteiger partial charge < -0.3 is 19.5 Å². The zero-order chi connectivity index (χ0) is 24.7. The van der Waals surface area contributed by atoms with Gasteiger partial charge in [0.25, 0.3) is 16.1 Å². The minimum Gasteiger partial charge on any atom is -0.493 e. The second kappa shape index (κ2) is 11.3. The van der Waals surface area contributed by atoms with Crippen LogP contribution in [0.25, 0.3) is 0 Å². The number of amides is 1. The van der Waals surface area contributed by atoms with Crippen molar-refractivity contribution in [1.29, 1.82) is 0 Å². The van der Waals surface area contributed by atoms with Gasteiger partial charge in [-0.05, 0) is 54.4 Å². The van der Waals surface area contributed by atoms with E-state index in [-0.39, 0.29) is 5.56 Å². The number of hydrogen-bond acceptors (Lipinski definition) is 6. The number of para-hydroxylation sites is 1. The minimum absolute atomic E-state index is 0.0385. The molecule has 0 saturated carbocycles. The van der Waals surface area contributed by atoms with Crippen LogP contribution >= 0.6 is 11.8 Å². The fourth-order valence-corrected chi connectivity index (χ4v) is 4.31. The second-order valence-electron chi connectivity index (χ2n) is 7.97. The highest BCUT2D eigenvalue weighted by Crippen LogP contribution is 2.36. The summed E-state index contributed by atoms with van der Waals surface area (Å²) in [4.78, 5) is 23.3. The Morgan fingerprint density at radius 2 is 1.66 bits per heavy atom. The summed E-state index contributed by atoms with van der Waals surface area (Å²) < 4.78 is 32.6. The summed E-state index contributed by atoms with van der Waals surface area (Å²) in [5.41, 5.74) is 1.11. The highest BCUT2D eigenvalue weighted by Gasteiger charge is 2.49. The topological polar surface area (TPSA) is 73.9 Å². The Hall–Kier alpha value is -3.52. The van der Waals surface area contributed by atoms with Gasteiger partial charge in [0.2, 0.25) is 0 Å². The van der Waals surface area contributed by atoms with Gasteiger partial charge in [0.15, 0.2) is 0 Å². The first-order valence-electron chi connectivity index (χ1n) is 11.4. The molecule has 0 spiro atoms. The number of thioether (sulfide) groups is 1. The maximum absolute atomic E-state index is 15.0. The summed E-state index contributed by atoms with van der Waals surface area (Å²) in [6.45, 7) is 2.89. The van der Waals surface area contributed by atoms with Gasteiger partial charge in [0.1, 0.15) is 23.0 Å². The van der Waals surface area contributed by atoms with E-state index in [1.807, 2.05) is 48.5 Å². The first-order valence-corrected chi connectivity index (χ1v) is 12.2. The van der Waals surface area contributed by atoms with Crippen molar-refractivity contribution in [3.63, 3.8) is 0 Å². The van der Waals surface area contributed by atoms with Gasteiger partial charge in [-0.3, -0.25) is 9.59 Å². The standard InChI is InChI=1S/C27H26FNO5S/c1-2-8-19-17-23(34-21-10-4-3-5-11-21)13-14-24(19)33-16-7-15-32-22-12-6-9-20(18-22)27(28)25(30)35-26(31)29-27/h3-6,9-14,17-18H,2,7-8,15-16H2,1H3,(H,29,31). The number of carbonyl (C=O) groups excluding carboxylic acids is 2. The van der Waals surface area contributed by atoms with Crippen LogP contribution in [0.2, 0.25) is 0 Å². The van der Waals surface area contributed by atoms with E-state index < -0.39 is 16.1 Å². The van der Waals surface area contributed by atoms with E-state index in [1.165, 1.54) is 12.1 Å². The minimum atomic E-state index is -2.53. The lowest BCUT2D eigenvalue weighted by Crippen LogP contribution is -2.38. The number of hydrogen-bond donors (Lipinski definition) is 1. The Morgan fingerprint density at radius 3 is 2.40 bits per heavy atom. The van der Waals surface area contributed by atoms with Crippen LogP contribution in [0.5, 0.6) is 23.0 Å². The molecule has 4 rings (SSSR count). The average Bonchev–Trinajstić information content (AvgIpc) is 3.13. The molecule has 0 aliphatic carbocycles. The monoisotopic (exact) mass is 495 g/mol. The van der Waals surface area contributed by atoms with Crippen LogP contribution in [0.15, 0.2) is 72.8 Å². The van der Waals surface area contributed by atoms with Gasteiger partial charge in [0.05, 0.1) is 13.2 Å². The van der Waals surface area contributed by atoms with Gasteiger partial charge in [-0.2, -0.15) is 0 Å². The summed E-state index contributed by atoms with van der Waals surface area (Å²) in [7, 11) is 0. The number of halogens is 1. The third-order valence-electron chi connectivity index (χ3n) is 5.32. The molecule has 1 aliphatic heterocycles. The maximum atomic E-state index is 15.0. The van der Waals surface area contributed by atoms with Gasteiger partial charge in [-0.15, -0.1) is 0 Å². The molecule has 1 atom stereocenters. The fraction of sp³-hybridized carbons (Fsp3) is 0.259. The number of ether oxygens (including phenoxy) is 3. The highest BCUT2D eigenvalue weighted by atomic mass is 32.2. The molecule has 0 radical (unpaired) electrons. The SMILES string of the molecule is CCCc1cc(Oc2ccccc2)ccc1OCCCOc1cccc(C2(F)NC(=O)SC2=O)c1. The van der Waals surface area contributed by atoms with Crippen LogP contribution < -0.4 is 19.5 Å². The molecular weight excluding hydrogens is 469 g/mol. The molecule has 8 heteroatoms. The molecule has 35 heavy (non-hydrogen) atoms. The van der Waals surface area contributed by atoms with E-state index in [0.717, 1.165) is 35.7 Å². The summed E-state index contributed by atoms with van der Waals surface area (Å²) in [5.74, 6) is 0.225. The Morgan fingerprint density at radius 1 is 0.886 bits per heavy atom. The fourth-order valence-electron chi connectivity index (χ4n) is 3.64. The quantitative estimate of drug-likeness (QED) is 0.246. The molecule has 1 fully saturated rings. The zero-order valence-corrected chi connectivity index (χ0v) is 20.1. The Labute approximate surface area is 207 Å². The molecule has 0 aromatic heterocycles. The molecule has 182 valence electrons. The summed E-state index contributed by atoms with van der Waals surface area (Å²) in [6.07, 6.45) is 2.44. The Balaban J connectivity index is 1.30. The normalized spacial score (nSPS) is 17.2. The third kappa shape index (κ3) is 6.14. The van der Waals surface area contributed by atoms with E-state index in [9.17, 15) is 14.0 Å². The van der Waals surface area contributed by atoms with Crippen LogP contribution in [0, 0.1) is 0 Å². The average molecular weight is 496 g/mol. The molecule has 1 unspecified atom stereocenters. The van der Waals surface area contributed by atoms with Crippen molar-refractivity contribution in [3.8, 4) is 23.0 Å². The molecule has 1 aliphatic rings. The van der Waals surface area contributed by atoms with Crippen LogP contribution in [0.3, 0.4) is 0 Å². The van der Waals surface area contributed by atoms with Crippen molar-refractivity contribution < 1.29 is 28.2 Å².